The maximum absolute atomic E-state index is 4.98. The van der Waals surface area contributed by atoms with Crippen LogP contribution in [0.2, 0.25) is 0 Å². The number of piperidine rings is 2. The zero-order chi connectivity index (χ0) is 20.2. The first-order chi connectivity index (χ1) is 14.9. The number of pyridine rings is 1. The highest BCUT2D eigenvalue weighted by Gasteiger charge is 2.15. The molecular weight excluding hydrogens is 372 g/mol. The Kier molecular flexibility index (Phi) is 5.93. The lowest BCUT2D eigenvalue weighted by molar-refractivity contribution is 0.392. The van der Waals surface area contributed by atoms with Crippen molar-refractivity contribution >= 4 is 11.5 Å². The lowest BCUT2D eigenvalue weighted by Gasteiger charge is -2.28. The summed E-state index contributed by atoms with van der Waals surface area (Å²) in [6, 6.07) is 11.0. The van der Waals surface area contributed by atoms with Gasteiger partial charge in [-0.1, -0.05) is 12.1 Å². The molecule has 6 nitrogen and oxygen atoms in total. The summed E-state index contributed by atoms with van der Waals surface area (Å²) in [5.74, 6) is 1.53. The van der Waals surface area contributed by atoms with E-state index in [0.29, 0.717) is 5.92 Å². The predicted octanol–water partition coefficient (Wildman–Crippen LogP) is 2.40. The second-order valence-corrected chi connectivity index (χ2v) is 8.68. The van der Waals surface area contributed by atoms with Crippen molar-refractivity contribution in [2.24, 2.45) is 15.9 Å². The SMILES string of the molecule is c1cc(N2CCCCC2)ccc1-c1cc2c(c(NCC3CCCNC3)n1)=NCCN=2. The monoisotopic (exact) mass is 404 g/mol. The third-order valence-corrected chi connectivity index (χ3v) is 6.47. The van der Waals surface area contributed by atoms with Crippen molar-refractivity contribution < 1.29 is 0 Å². The molecule has 0 bridgehead atoms. The summed E-state index contributed by atoms with van der Waals surface area (Å²) in [5.41, 5.74) is 3.44. The van der Waals surface area contributed by atoms with Crippen molar-refractivity contribution in [1.82, 2.24) is 10.3 Å². The number of benzene rings is 1. The normalized spacial score (nSPS) is 21.3. The van der Waals surface area contributed by atoms with Crippen LogP contribution < -0.4 is 26.2 Å². The molecule has 30 heavy (non-hydrogen) atoms. The Morgan fingerprint density at radius 2 is 1.83 bits per heavy atom. The molecule has 0 radical (unpaired) electrons. The summed E-state index contributed by atoms with van der Waals surface area (Å²) in [6.07, 6.45) is 6.46. The molecule has 1 aromatic carbocycles. The van der Waals surface area contributed by atoms with Crippen molar-refractivity contribution in [3.05, 3.63) is 41.0 Å². The Hall–Kier alpha value is -2.47. The van der Waals surface area contributed by atoms with Gasteiger partial charge in [-0.25, -0.2) is 4.98 Å². The van der Waals surface area contributed by atoms with E-state index in [0.717, 1.165) is 60.5 Å². The lowest BCUT2D eigenvalue weighted by Crippen LogP contribution is -2.37. The summed E-state index contributed by atoms with van der Waals surface area (Å²) in [5, 5.41) is 9.00. The van der Waals surface area contributed by atoms with E-state index in [1.807, 2.05) is 0 Å². The lowest BCUT2D eigenvalue weighted by atomic mass is 10.00. The van der Waals surface area contributed by atoms with E-state index in [4.69, 9.17) is 15.0 Å². The van der Waals surface area contributed by atoms with Crippen LogP contribution in [-0.2, 0) is 0 Å². The smallest absolute Gasteiger partial charge is 0.154 e. The van der Waals surface area contributed by atoms with Gasteiger partial charge in [0.15, 0.2) is 5.82 Å². The average Bonchev–Trinajstić information content (AvgIpc) is 2.84. The first-order valence-electron chi connectivity index (χ1n) is 11.6. The zero-order valence-corrected chi connectivity index (χ0v) is 17.7. The van der Waals surface area contributed by atoms with Crippen molar-refractivity contribution in [3.63, 3.8) is 0 Å². The summed E-state index contributed by atoms with van der Waals surface area (Å²) in [6.45, 7) is 6.99. The van der Waals surface area contributed by atoms with Crippen LogP contribution in [0.3, 0.4) is 0 Å². The van der Waals surface area contributed by atoms with E-state index >= 15 is 0 Å². The minimum Gasteiger partial charge on any atom is -0.372 e. The summed E-state index contributed by atoms with van der Waals surface area (Å²) >= 11 is 0. The highest BCUT2D eigenvalue weighted by atomic mass is 15.1. The number of nitrogens with zero attached hydrogens (tertiary/aromatic N) is 4. The summed E-state index contributed by atoms with van der Waals surface area (Å²) in [7, 11) is 0. The predicted molar refractivity (Wildman–Crippen MR) is 122 cm³/mol. The first kappa shape index (κ1) is 19.5. The number of aromatic nitrogens is 1. The molecule has 3 aliphatic rings. The van der Waals surface area contributed by atoms with Gasteiger partial charge in [0.25, 0.3) is 0 Å². The second kappa shape index (κ2) is 9.13. The third kappa shape index (κ3) is 4.33. The van der Waals surface area contributed by atoms with Crippen LogP contribution in [0, 0.1) is 5.92 Å². The van der Waals surface area contributed by atoms with Gasteiger partial charge in [0.1, 0.15) is 5.36 Å². The number of hydrogen-bond donors (Lipinski definition) is 2. The summed E-state index contributed by atoms with van der Waals surface area (Å²) < 4.78 is 0. The van der Waals surface area contributed by atoms with Crippen LogP contribution in [0.4, 0.5) is 11.5 Å². The molecule has 1 unspecified atom stereocenters. The van der Waals surface area contributed by atoms with Crippen LogP contribution in [-0.4, -0.2) is 50.8 Å². The van der Waals surface area contributed by atoms with E-state index in [1.54, 1.807) is 0 Å². The molecule has 0 amide bonds. The van der Waals surface area contributed by atoms with Crippen molar-refractivity contribution in [2.45, 2.75) is 32.1 Å². The van der Waals surface area contributed by atoms with Gasteiger partial charge in [0, 0.05) is 30.9 Å². The van der Waals surface area contributed by atoms with Gasteiger partial charge in [-0.05, 0) is 69.3 Å². The molecule has 0 aliphatic carbocycles. The Bertz CT molecular complexity index is 972. The quantitative estimate of drug-likeness (QED) is 0.803. The highest BCUT2D eigenvalue weighted by molar-refractivity contribution is 5.64. The Labute approximate surface area is 178 Å². The fraction of sp³-hybridized carbons (Fsp3) is 0.542. The Balaban J connectivity index is 1.41. The van der Waals surface area contributed by atoms with E-state index in [-0.39, 0.29) is 0 Å². The highest BCUT2D eigenvalue weighted by Crippen LogP contribution is 2.24. The van der Waals surface area contributed by atoms with Gasteiger partial charge in [0.05, 0.1) is 24.1 Å². The average molecular weight is 405 g/mol. The molecule has 0 saturated carbocycles. The minimum atomic E-state index is 0.643. The molecule has 1 aromatic heterocycles. The fourth-order valence-corrected chi connectivity index (χ4v) is 4.74. The molecule has 5 rings (SSSR count). The Morgan fingerprint density at radius 1 is 1.00 bits per heavy atom. The summed E-state index contributed by atoms with van der Waals surface area (Å²) in [4.78, 5) is 16.9. The molecule has 6 heteroatoms. The minimum absolute atomic E-state index is 0.643. The van der Waals surface area contributed by atoms with E-state index in [1.165, 1.54) is 50.9 Å². The van der Waals surface area contributed by atoms with Gasteiger partial charge >= 0.3 is 0 Å². The third-order valence-electron chi connectivity index (χ3n) is 6.47. The standard InChI is InChI=1S/C24H32N6/c1-2-13-30(14-3-1)20-8-6-19(7-9-20)21-15-22-23(27-12-11-26-22)24(29-21)28-17-18-5-4-10-25-16-18/h6-9,15,18,25H,1-5,10-14,16-17H2,(H,28,29). The van der Waals surface area contributed by atoms with E-state index < -0.39 is 0 Å². The maximum atomic E-state index is 4.98. The molecular formula is C24H32N6. The number of fused-ring (bicyclic) bond motifs is 1. The van der Waals surface area contributed by atoms with Crippen molar-refractivity contribution in [1.29, 1.82) is 0 Å². The fourth-order valence-electron chi connectivity index (χ4n) is 4.74. The van der Waals surface area contributed by atoms with Crippen LogP contribution in [0.5, 0.6) is 0 Å². The van der Waals surface area contributed by atoms with Gasteiger partial charge in [-0.3, -0.25) is 9.98 Å². The van der Waals surface area contributed by atoms with Gasteiger partial charge in [-0.15, -0.1) is 0 Å². The molecule has 2 saturated heterocycles. The van der Waals surface area contributed by atoms with Crippen LogP contribution in [0.25, 0.3) is 11.3 Å². The molecule has 3 aliphatic heterocycles. The molecule has 1 atom stereocenters. The topological polar surface area (TPSA) is 64.9 Å². The van der Waals surface area contributed by atoms with Gasteiger partial charge < -0.3 is 15.5 Å². The largest absolute Gasteiger partial charge is 0.372 e. The maximum Gasteiger partial charge on any atom is 0.154 e. The van der Waals surface area contributed by atoms with E-state index in [2.05, 4.69) is 45.9 Å². The first-order valence-corrected chi connectivity index (χ1v) is 11.6. The number of rotatable bonds is 5. The molecule has 2 N–H and O–H groups in total. The van der Waals surface area contributed by atoms with Crippen LogP contribution in [0.1, 0.15) is 32.1 Å². The van der Waals surface area contributed by atoms with Gasteiger partial charge in [-0.2, -0.15) is 0 Å². The molecule has 158 valence electrons. The van der Waals surface area contributed by atoms with Crippen molar-refractivity contribution in [2.75, 3.05) is 56.0 Å². The second-order valence-electron chi connectivity index (χ2n) is 8.68. The molecule has 2 fully saturated rings. The number of anilines is 2. The van der Waals surface area contributed by atoms with Crippen LogP contribution in [0.15, 0.2) is 40.3 Å². The molecule has 0 spiro atoms. The number of nitrogens with one attached hydrogen (secondary N) is 2. The number of hydrogen-bond acceptors (Lipinski definition) is 6. The molecule has 2 aromatic rings. The van der Waals surface area contributed by atoms with Gasteiger partial charge in [0.2, 0.25) is 0 Å². The van der Waals surface area contributed by atoms with Crippen molar-refractivity contribution in [3.8, 4) is 11.3 Å². The molecule has 4 heterocycles. The zero-order valence-electron chi connectivity index (χ0n) is 17.7. The van der Waals surface area contributed by atoms with E-state index in [9.17, 15) is 0 Å². The Morgan fingerprint density at radius 3 is 2.63 bits per heavy atom. The van der Waals surface area contributed by atoms with Crippen LogP contribution >= 0.6 is 0 Å².